The molecule has 0 aromatic rings. The first-order valence-electron chi connectivity index (χ1n) is 6.26. The molecule has 0 unspecified atom stereocenters. The second kappa shape index (κ2) is 5.61. The van der Waals surface area contributed by atoms with Crippen LogP contribution in [0.5, 0.6) is 0 Å². The molecular weight excluding hydrogens is 204 g/mol. The van der Waals surface area contributed by atoms with Crippen molar-refractivity contribution in [1.82, 2.24) is 20.4 Å². The summed E-state index contributed by atoms with van der Waals surface area (Å²) in [5.41, 5.74) is 0. The molecule has 0 saturated carbocycles. The van der Waals surface area contributed by atoms with Crippen molar-refractivity contribution in [1.29, 1.82) is 0 Å². The van der Waals surface area contributed by atoms with Gasteiger partial charge in [-0.2, -0.15) is 0 Å². The van der Waals surface area contributed by atoms with Crippen LogP contribution in [0.2, 0.25) is 0 Å². The van der Waals surface area contributed by atoms with Crippen molar-refractivity contribution in [3.63, 3.8) is 0 Å². The third-order valence-corrected chi connectivity index (χ3v) is 3.43. The molecule has 0 aliphatic carbocycles. The number of hydrogen-bond donors (Lipinski definition) is 2. The van der Waals surface area contributed by atoms with E-state index in [2.05, 4.69) is 22.5 Å². The summed E-state index contributed by atoms with van der Waals surface area (Å²) in [6.07, 6.45) is 0. The molecule has 0 aromatic carbocycles. The van der Waals surface area contributed by atoms with Crippen LogP contribution in [0.4, 0.5) is 0 Å². The number of amides is 1. The summed E-state index contributed by atoms with van der Waals surface area (Å²) in [7, 11) is 0. The van der Waals surface area contributed by atoms with Gasteiger partial charge in [0.15, 0.2) is 0 Å². The molecule has 16 heavy (non-hydrogen) atoms. The summed E-state index contributed by atoms with van der Waals surface area (Å²) in [5.74, 6) is 0.277. The molecule has 0 radical (unpaired) electrons. The molecule has 5 heteroatoms. The first-order valence-corrected chi connectivity index (χ1v) is 6.26. The zero-order valence-corrected chi connectivity index (χ0v) is 10.0. The Morgan fingerprint density at radius 3 is 2.69 bits per heavy atom. The highest BCUT2D eigenvalue weighted by molar-refractivity contribution is 5.82. The van der Waals surface area contributed by atoms with Gasteiger partial charge in [0.1, 0.15) is 0 Å². The zero-order valence-electron chi connectivity index (χ0n) is 10.0. The van der Waals surface area contributed by atoms with Crippen LogP contribution < -0.4 is 10.6 Å². The fraction of sp³-hybridized carbons (Fsp3) is 0.909. The third kappa shape index (κ3) is 2.72. The molecular formula is C11H22N4O. The van der Waals surface area contributed by atoms with E-state index in [0.29, 0.717) is 0 Å². The Hall–Kier alpha value is -0.650. The maximum Gasteiger partial charge on any atom is 0.241 e. The Morgan fingerprint density at radius 1 is 1.25 bits per heavy atom. The molecule has 2 heterocycles. The standard InChI is InChI=1S/C11H22N4O/c1-2-14-6-5-13-10(9-14)11(16)15-7-3-12-4-8-15/h10,12-13H,2-9H2,1H3/t10-/m1/s1. The third-order valence-electron chi connectivity index (χ3n) is 3.43. The Kier molecular flexibility index (Phi) is 4.15. The number of nitrogens with one attached hydrogen (secondary N) is 2. The minimum absolute atomic E-state index is 0.00630. The van der Waals surface area contributed by atoms with Crippen molar-refractivity contribution in [2.75, 3.05) is 52.4 Å². The van der Waals surface area contributed by atoms with Crippen molar-refractivity contribution >= 4 is 5.91 Å². The monoisotopic (exact) mass is 226 g/mol. The summed E-state index contributed by atoms with van der Waals surface area (Å²) < 4.78 is 0. The van der Waals surface area contributed by atoms with Gasteiger partial charge in [-0.05, 0) is 6.54 Å². The van der Waals surface area contributed by atoms with E-state index < -0.39 is 0 Å². The largest absolute Gasteiger partial charge is 0.339 e. The van der Waals surface area contributed by atoms with Gasteiger partial charge in [-0.25, -0.2) is 0 Å². The summed E-state index contributed by atoms with van der Waals surface area (Å²) in [6.45, 7) is 9.58. The van der Waals surface area contributed by atoms with E-state index in [9.17, 15) is 4.79 Å². The Balaban J connectivity index is 1.87. The molecule has 2 aliphatic rings. The predicted octanol–water partition coefficient (Wildman–Crippen LogP) is -1.29. The Labute approximate surface area is 97.2 Å². The number of hydrogen-bond acceptors (Lipinski definition) is 4. The van der Waals surface area contributed by atoms with Gasteiger partial charge in [-0.1, -0.05) is 6.92 Å². The van der Waals surface area contributed by atoms with E-state index >= 15 is 0 Å². The fourth-order valence-electron chi connectivity index (χ4n) is 2.37. The normalized spacial score (nSPS) is 28.1. The second-order valence-electron chi connectivity index (χ2n) is 4.48. The van der Waals surface area contributed by atoms with Crippen LogP contribution in [0.25, 0.3) is 0 Å². The van der Waals surface area contributed by atoms with E-state index in [1.54, 1.807) is 0 Å². The van der Waals surface area contributed by atoms with Crippen molar-refractivity contribution in [3.05, 3.63) is 0 Å². The molecule has 0 aromatic heterocycles. The van der Waals surface area contributed by atoms with Crippen LogP contribution in [-0.2, 0) is 4.79 Å². The van der Waals surface area contributed by atoms with Crippen LogP contribution in [-0.4, -0.2) is 74.1 Å². The number of carbonyl (C=O) groups is 1. The molecule has 1 atom stereocenters. The smallest absolute Gasteiger partial charge is 0.241 e. The van der Waals surface area contributed by atoms with Gasteiger partial charge in [0.2, 0.25) is 5.91 Å². The molecule has 2 rings (SSSR count). The minimum atomic E-state index is 0.00630. The Bertz CT molecular complexity index is 240. The topological polar surface area (TPSA) is 47.6 Å². The number of rotatable bonds is 2. The van der Waals surface area contributed by atoms with Crippen LogP contribution in [0.15, 0.2) is 0 Å². The quantitative estimate of drug-likeness (QED) is 0.615. The molecule has 5 nitrogen and oxygen atoms in total. The summed E-state index contributed by atoms with van der Waals surface area (Å²) >= 11 is 0. The predicted molar refractivity (Wildman–Crippen MR) is 63.4 cm³/mol. The molecule has 1 amide bonds. The lowest BCUT2D eigenvalue weighted by Crippen LogP contribution is -2.59. The molecule has 2 N–H and O–H groups in total. The van der Waals surface area contributed by atoms with Crippen LogP contribution >= 0.6 is 0 Å². The van der Waals surface area contributed by atoms with E-state index in [4.69, 9.17) is 0 Å². The first-order chi connectivity index (χ1) is 7.81. The second-order valence-corrected chi connectivity index (χ2v) is 4.48. The lowest BCUT2D eigenvalue weighted by molar-refractivity contribution is -0.135. The van der Waals surface area contributed by atoms with Gasteiger partial charge in [0.05, 0.1) is 6.04 Å². The average molecular weight is 226 g/mol. The summed E-state index contributed by atoms with van der Waals surface area (Å²) in [6, 6.07) is 0.00630. The van der Waals surface area contributed by atoms with Crippen LogP contribution in [0.3, 0.4) is 0 Å². The lowest BCUT2D eigenvalue weighted by Gasteiger charge is -2.36. The molecule has 0 bridgehead atoms. The zero-order chi connectivity index (χ0) is 11.4. The maximum atomic E-state index is 12.2. The van der Waals surface area contributed by atoms with Crippen LogP contribution in [0, 0.1) is 0 Å². The molecule has 2 fully saturated rings. The highest BCUT2D eigenvalue weighted by atomic mass is 16.2. The highest BCUT2D eigenvalue weighted by Crippen LogP contribution is 2.04. The van der Waals surface area contributed by atoms with Gasteiger partial charge in [-0.15, -0.1) is 0 Å². The molecule has 2 aliphatic heterocycles. The van der Waals surface area contributed by atoms with E-state index in [0.717, 1.165) is 52.4 Å². The van der Waals surface area contributed by atoms with Gasteiger partial charge in [-0.3, -0.25) is 4.79 Å². The van der Waals surface area contributed by atoms with E-state index in [-0.39, 0.29) is 11.9 Å². The van der Waals surface area contributed by atoms with Gasteiger partial charge in [0, 0.05) is 45.8 Å². The highest BCUT2D eigenvalue weighted by Gasteiger charge is 2.28. The van der Waals surface area contributed by atoms with Gasteiger partial charge in [0.25, 0.3) is 0 Å². The van der Waals surface area contributed by atoms with Crippen molar-refractivity contribution in [3.8, 4) is 0 Å². The fourth-order valence-corrected chi connectivity index (χ4v) is 2.37. The van der Waals surface area contributed by atoms with Gasteiger partial charge < -0.3 is 20.4 Å². The summed E-state index contributed by atoms with van der Waals surface area (Å²) in [4.78, 5) is 16.5. The van der Waals surface area contributed by atoms with E-state index in [1.807, 2.05) is 4.90 Å². The molecule has 92 valence electrons. The minimum Gasteiger partial charge on any atom is -0.339 e. The maximum absolute atomic E-state index is 12.2. The number of nitrogens with zero attached hydrogens (tertiary/aromatic N) is 2. The summed E-state index contributed by atoms with van der Waals surface area (Å²) in [5, 5.41) is 6.59. The number of carbonyl (C=O) groups excluding carboxylic acids is 1. The average Bonchev–Trinajstić information content (AvgIpc) is 2.39. The molecule has 2 saturated heterocycles. The molecule has 0 spiro atoms. The van der Waals surface area contributed by atoms with Crippen molar-refractivity contribution in [2.24, 2.45) is 0 Å². The SMILES string of the molecule is CCN1CCN[C@@H](C(=O)N2CCNCC2)C1. The first kappa shape index (κ1) is 11.8. The Morgan fingerprint density at radius 2 is 2.00 bits per heavy atom. The van der Waals surface area contributed by atoms with Gasteiger partial charge >= 0.3 is 0 Å². The van der Waals surface area contributed by atoms with Crippen molar-refractivity contribution < 1.29 is 4.79 Å². The van der Waals surface area contributed by atoms with Crippen molar-refractivity contribution in [2.45, 2.75) is 13.0 Å². The number of piperazine rings is 2. The van der Waals surface area contributed by atoms with E-state index in [1.165, 1.54) is 0 Å². The lowest BCUT2D eigenvalue weighted by atomic mass is 10.1. The number of likely N-dealkylation sites (N-methyl/N-ethyl adjacent to an activating group) is 1. The van der Waals surface area contributed by atoms with Crippen LogP contribution in [0.1, 0.15) is 6.92 Å².